The second-order valence-corrected chi connectivity index (χ2v) is 5.00. The van der Waals surface area contributed by atoms with Crippen LogP contribution in [0.3, 0.4) is 0 Å². The van der Waals surface area contributed by atoms with Crippen LogP contribution in [0.25, 0.3) is 0 Å². The van der Waals surface area contributed by atoms with Crippen LogP contribution < -0.4 is 5.73 Å². The zero-order valence-corrected chi connectivity index (χ0v) is 10.3. The van der Waals surface area contributed by atoms with Gasteiger partial charge in [0.05, 0.1) is 5.02 Å². The minimum absolute atomic E-state index is 0.122. The van der Waals surface area contributed by atoms with E-state index in [1.54, 1.807) is 17.8 Å². The SMILES string of the molecule is CN(C)CCSc1cc(Cl)c(F)cc1N. The molecule has 0 atom stereocenters. The second-order valence-electron chi connectivity index (χ2n) is 3.46. The number of rotatable bonds is 4. The Bertz CT molecular complexity index is 344. The van der Waals surface area contributed by atoms with Gasteiger partial charge in [-0.2, -0.15) is 0 Å². The molecule has 0 radical (unpaired) electrons. The zero-order chi connectivity index (χ0) is 11.4. The summed E-state index contributed by atoms with van der Waals surface area (Å²) in [5.74, 6) is 0.435. The van der Waals surface area contributed by atoms with Gasteiger partial charge in [-0.3, -0.25) is 0 Å². The van der Waals surface area contributed by atoms with Gasteiger partial charge in [-0.05, 0) is 26.2 Å². The van der Waals surface area contributed by atoms with Crippen LogP contribution >= 0.6 is 23.4 Å². The molecule has 15 heavy (non-hydrogen) atoms. The molecule has 0 fully saturated rings. The van der Waals surface area contributed by atoms with E-state index in [1.165, 1.54) is 6.07 Å². The standard InChI is InChI=1S/C10H14ClFN2S/c1-14(2)3-4-15-10-5-7(11)8(12)6-9(10)13/h5-6H,3-4,13H2,1-2H3. The quantitative estimate of drug-likeness (QED) is 0.656. The van der Waals surface area contributed by atoms with Crippen molar-refractivity contribution in [1.29, 1.82) is 0 Å². The maximum atomic E-state index is 13.0. The summed E-state index contributed by atoms with van der Waals surface area (Å²) in [6.07, 6.45) is 0. The third-order valence-electron chi connectivity index (χ3n) is 1.85. The molecule has 0 unspecified atom stereocenters. The predicted molar refractivity (Wildman–Crippen MR) is 65.1 cm³/mol. The highest BCUT2D eigenvalue weighted by molar-refractivity contribution is 7.99. The van der Waals surface area contributed by atoms with Crippen molar-refractivity contribution in [2.75, 3.05) is 32.1 Å². The van der Waals surface area contributed by atoms with Gasteiger partial charge < -0.3 is 10.6 Å². The molecule has 1 aromatic carbocycles. The van der Waals surface area contributed by atoms with Crippen LogP contribution in [0.15, 0.2) is 17.0 Å². The molecule has 1 aromatic rings. The van der Waals surface area contributed by atoms with Crippen LogP contribution in [0.4, 0.5) is 10.1 Å². The van der Waals surface area contributed by atoms with E-state index in [0.717, 1.165) is 17.2 Å². The molecule has 5 heteroatoms. The van der Waals surface area contributed by atoms with Gasteiger partial charge in [0.25, 0.3) is 0 Å². The number of hydrogen-bond donors (Lipinski definition) is 1. The predicted octanol–water partition coefficient (Wildman–Crippen LogP) is 2.71. The van der Waals surface area contributed by atoms with Gasteiger partial charge in [0.1, 0.15) is 5.82 Å². The van der Waals surface area contributed by atoms with Gasteiger partial charge in [0.15, 0.2) is 0 Å². The van der Waals surface area contributed by atoms with Gasteiger partial charge in [0.2, 0.25) is 0 Å². The van der Waals surface area contributed by atoms with Gasteiger partial charge in [-0.25, -0.2) is 4.39 Å². The van der Waals surface area contributed by atoms with E-state index < -0.39 is 5.82 Å². The van der Waals surface area contributed by atoms with Crippen molar-refractivity contribution < 1.29 is 4.39 Å². The maximum Gasteiger partial charge on any atom is 0.143 e. The summed E-state index contributed by atoms with van der Waals surface area (Å²) in [5.41, 5.74) is 6.12. The van der Waals surface area contributed by atoms with Gasteiger partial charge in [0, 0.05) is 22.9 Å². The normalized spacial score (nSPS) is 11.0. The summed E-state index contributed by atoms with van der Waals surface area (Å²) in [6.45, 7) is 0.944. The maximum absolute atomic E-state index is 13.0. The molecule has 2 N–H and O–H groups in total. The molecule has 0 bridgehead atoms. The van der Waals surface area contributed by atoms with Gasteiger partial charge in [-0.1, -0.05) is 11.6 Å². The van der Waals surface area contributed by atoms with Crippen molar-refractivity contribution in [3.05, 3.63) is 23.0 Å². The molecule has 0 aliphatic rings. The van der Waals surface area contributed by atoms with E-state index in [4.69, 9.17) is 17.3 Å². The fraction of sp³-hybridized carbons (Fsp3) is 0.400. The molecule has 0 aliphatic heterocycles. The minimum atomic E-state index is -0.467. The van der Waals surface area contributed by atoms with Crippen LogP contribution in [-0.2, 0) is 0 Å². The molecule has 0 aromatic heterocycles. The molecule has 0 aliphatic carbocycles. The average molecular weight is 249 g/mol. The Labute approximate surface area is 98.6 Å². The van der Waals surface area contributed by atoms with Crippen molar-refractivity contribution in [1.82, 2.24) is 4.90 Å². The fourth-order valence-electron chi connectivity index (χ4n) is 1.01. The monoisotopic (exact) mass is 248 g/mol. The molecule has 1 rings (SSSR count). The molecular formula is C10H14ClFN2S. The molecule has 0 amide bonds. The summed E-state index contributed by atoms with van der Waals surface area (Å²) in [7, 11) is 4.00. The lowest BCUT2D eigenvalue weighted by atomic mass is 10.3. The average Bonchev–Trinajstić information content (AvgIpc) is 2.13. The first-order valence-corrected chi connectivity index (χ1v) is 5.89. The summed E-state index contributed by atoms with van der Waals surface area (Å²) < 4.78 is 13.0. The first-order chi connectivity index (χ1) is 7.00. The van der Waals surface area contributed by atoms with Crippen LogP contribution in [0.2, 0.25) is 5.02 Å². The van der Waals surface area contributed by atoms with E-state index in [-0.39, 0.29) is 5.02 Å². The Morgan fingerprint density at radius 2 is 2.13 bits per heavy atom. The Morgan fingerprint density at radius 3 is 2.73 bits per heavy atom. The Morgan fingerprint density at radius 1 is 1.47 bits per heavy atom. The van der Waals surface area contributed by atoms with Crippen LogP contribution in [0, 0.1) is 5.82 Å². The van der Waals surface area contributed by atoms with Crippen molar-refractivity contribution in [2.24, 2.45) is 0 Å². The topological polar surface area (TPSA) is 29.3 Å². The molecule has 0 spiro atoms. The van der Waals surface area contributed by atoms with Crippen molar-refractivity contribution in [3.8, 4) is 0 Å². The lowest BCUT2D eigenvalue weighted by Gasteiger charge is -2.10. The Balaban J connectivity index is 2.65. The molecule has 0 heterocycles. The number of thioether (sulfide) groups is 1. The lowest BCUT2D eigenvalue weighted by molar-refractivity contribution is 0.437. The Hall–Kier alpha value is -0.450. The highest BCUT2D eigenvalue weighted by Gasteiger charge is 2.06. The number of benzene rings is 1. The smallest absolute Gasteiger partial charge is 0.143 e. The van der Waals surface area contributed by atoms with Crippen molar-refractivity contribution in [2.45, 2.75) is 4.90 Å². The lowest BCUT2D eigenvalue weighted by Crippen LogP contribution is -2.14. The van der Waals surface area contributed by atoms with E-state index in [9.17, 15) is 4.39 Å². The number of nitrogens with two attached hydrogens (primary N) is 1. The largest absolute Gasteiger partial charge is 0.398 e. The van der Waals surface area contributed by atoms with E-state index in [1.807, 2.05) is 14.1 Å². The van der Waals surface area contributed by atoms with E-state index in [2.05, 4.69) is 4.90 Å². The molecule has 0 saturated heterocycles. The third kappa shape index (κ3) is 3.89. The van der Waals surface area contributed by atoms with E-state index >= 15 is 0 Å². The number of nitrogen functional groups attached to an aromatic ring is 1. The summed E-state index contributed by atoms with van der Waals surface area (Å²) in [4.78, 5) is 2.91. The number of halogens is 2. The number of anilines is 1. The first kappa shape index (κ1) is 12.6. The van der Waals surface area contributed by atoms with Gasteiger partial charge >= 0.3 is 0 Å². The minimum Gasteiger partial charge on any atom is -0.398 e. The number of nitrogens with zero attached hydrogens (tertiary/aromatic N) is 1. The highest BCUT2D eigenvalue weighted by Crippen LogP contribution is 2.29. The molecule has 84 valence electrons. The second kappa shape index (κ2) is 5.58. The van der Waals surface area contributed by atoms with Crippen molar-refractivity contribution in [3.63, 3.8) is 0 Å². The number of hydrogen-bond acceptors (Lipinski definition) is 3. The Kier molecular flexibility index (Phi) is 4.70. The third-order valence-corrected chi connectivity index (χ3v) is 3.19. The summed E-state index contributed by atoms with van der Waals surface area (Å²) in [6, 6.07) is 2.84. The fourth-order valence-corrected chi connectivity index (χ4v) is 2.34. The summed E-state index contributed by atoms with van der Waals surface area (Å²) >= 11 is 7.25. The van der Waals surface area contributed by atoms with Crippen LogP contribution in [0.1, 0.15) is 0 Å². The molecule has 0 saturated carbocycles. The molecular weight excluding hydrogens is 235 g/mol. The summed E-state index contributed by atoms with van der Waals surface area (Å²) in [5, 5.41) is 0.122. The molecule has 2 nitrogen and oxygen atoms in total. The van der Waals surface area contributed by atoms with Gasteiger partial charge in [-0.15, -0.1) is 11.8 Å². The van der Waals surface area contributed by atoms with Crippen molar-refractivity contribution >= 4 is 29.1 Å². The van der Waals surface area contributed by atoms with E-state index in [0.29, 0.717) is 5.69 Å². The first-order valence-electron chi connectivity index (χ1n) is 4.52. The zero-order valence-electron chi connectivity index (χ0n) is 8.76. The van der Waals surface area contributed by atoms with Crippen LogP contribution in [0.5, 0.6) is 0 Å². The van der Waals surface area contributed by atoms with Crippen LogP contribution in [-0.4, -0.2) is 31.3 Å². The highest BCUT2D eigenvalue weighted by atomic mass is 35.5.